The van der Waals surface area contributed by atoms with E-state index in [4.69, 9.17) is 16.3 Å². The van der Waals surface area contributed by atoms with E-state index in [1.165, 1.54) is 20.1 Å². The van der Waals surface area contributed by atoms with Crippen molar-refractivity contribution in [2.24, 2.45) is 0 Å². The number of benzene rings is 1. The highest BCUT2D eigenvalue weighted by molar-refractivity contribution is 6.31. The van der Waals surface area contributed by atoms with Gasteiger partial charge in [-0.05, 0) is 24.6 Å². The molecule has 2 rings (SSSR count). The van der Waals surface area contributed by atoms with Crippen LogP contribution in [0.4, 0.5) is 0 Å². The van der Waals surface area contributed by atoms with Gasteiger partial charge in [-0.15, -0.1) is 0 Å². The third-order valence-electron chi connectivity index (χ3n) is 3.63. The van der Waals surface area contributed by atoms with E-state index in [-0.39, 0.29) is 35.4 Å². The number of hydrogen-bond acceptors (Lipinski definition) is 5. The highest BCUT2D eigenvalue weighted by Crippen LogP contribution is 2.25. The Morgan fingerprint density at radius 1 is 1.46 bits per heavy atom. The second kappa shape index (κ2) is 7.30. The Kier molecular flexibility index (Phi) is 5.39. The van der Waals surface area contributed by atoms with Gasteiger partial charge in [-0.25, -0.2) is 0 Å². The van der Waals surface area contributed by atoms with E-state index in [2.05, 4.69) is 0 Å². The summed E-state index contributed by atoms with van der Waals surface area (Å²) < 4.78 is 5.87. The molecule has 1 N–H and O–H groups in total. The molecule has 0 radical (unpaired) electrons. The number of hydrogen-bond donors (Lipinski definition) is 1. The van der Waals surface area contributed by atoms with E-state index in [0.29, 0.717) is 5.02 Å². The number of ether oxygens (including phenoxy) is 1. The summed E-state index contributed by atoms with van der Waals surface area (Å²) in [5, 5.41) is 20.1. The fourth-order valence-corrected chi connectivity index (χ4v) is 2.58. The normalized spacial score (nSPS) is 10.4. The molecule has 124 valence electrons. The van der Waals surface area contributed by atoms with E-state index in [1.807, 2.05) is 0 Å². The predicted molar refractivity (Wildman–Crippen MR) is 88.6 cm³/mol. The Morgan fingerprint density at radius 2 is 2.17 bits per heavy atom. The van der Waals surface area contributed by atoms with Crippen molar-refractivity contribution < 1.29 is 14.6 Å². The molecule has 0 unspecified atom stereocenters. The minimum absolute atomic E-state index is 0.0198. The minimum Gasteiger partial charge on any atom is -0.494 e. The van der Waals surface area contributed by atoms with Gasteiger partial charge in [-0.1, -0.05) is 23.7 Å². The zero-order valence-corrected chi connectivity index (χ0v) is 13.9. The molecule has 0 amide bonds. The van der Waals surface area contributed by atoms with Crippen LogP contribution in [0.25, 0.3) is 0 Å². The Labute approximate surface area is 143 Å². The molecule has 2 aromatic rings. The summed E-state index contributed by atoms with van der Waals surface area (Å²) in [4.78, 5) is 25.1. The number of rotatable bonds is 5. The molecule has 1 aromatic carbocycles. The Bertz CT molecular complexity index is 897. The fraction of sp³-hybridized carbons (Fsp3) is 0.235. The zero-order valence-electron chi connectivity index (χ0n) is 13.2. The van der Waals surface area contributed by atoms with Crippen molar-refractivity contribution in [2.45, 2.75) is 13.5 Å². The summed E-state index contributed by atoms with van der Waals surface area (Å²) in [5.74, 6) is -1.01. The number of ketones is 1. The first-order valence-corrected chi connectivity index (χ1v) is 7.45. The van der Waals surface area contributed by atoms with Crippen molar-refractivity contribution in [2.75, 3.05) is 13.7 Å². The highest BCUT2D eigenvalue weighted by Gasteiger charge is 2.24. The van der Waals surface area contributed by atoms with Gasteiger partial charge in [0.1, 0.15) is 11.6 Å². The van der Waals surface area contributed by atoms with E-state index in [1.54, 1.807) is 24.3 Å². The van der Waals surface area contributed by atoms with Crippen LogP contribution >= 0.6 is 11.6 Å². The Hall–Kier alpha value is -2.62. The maximum absolute atomic E-state index is 12.8. The van der Waals surface area contributed by atoms with Crippen LogP contribution in [-0.4, -0.2) is 29.2 Å². The van der Waals surface area contributed by atoms with Crippen LogP contribution in [0.1, 0.15) is 27.0 Å². The first kappa shape index (κ1) is 17.7. The molecular weight excluding hydrogens is 332 g/mol. The number of aromatic nitrogens is 1. The van der Waals surface area contributed by atoms with Gasteiger partial charge in [0, 0.05) is 17.7 Å². The van der Waals surface area contributed by atoms with Crippen LogP contribution in [0.5, 0.6) is 5.88 Å². The number of nitriles is 1. The third kappa shape index (κ3) is 3.18. The van der Waals surface area contributed by atoms with Crippen LogP contribution in [-0.2, 0) is 11.3 Å². The average molecular weight is 347 g/mol. The highest BCUT2D eigenvalue weighted by atomic mass is 35.5. The molecule has 7 heteroatoms. The van der Waals surface area contributed by atoms with E-state index < -0.39 is 17.2 Å². The van der Waals surface area contributed by atoms with Crippen LogP contribution in [0.15, 0.2) is 29.1 Å². The van der Waals surface area contributed by atoms with Crippen LogP contribution in [0.3, 0.4) is 0 Å². The molecule has 0 spiro atoms. The summed E-state index contributed by atoms with van der Waals surface area (Å²) >= 11 is 5.90. The second-order valence-corrected chi connectivity index (χ2v) is 5.54. The Balaban J connectivity index is 2.71. The standard InChI is InChI=1S/C17H15ClN2O4/c1-10-13(9-19)16(22)20(6-7-24-2)17(23)14(10)15(21)11-4-3-5-12(18)8-11/h3-5,8,23H,6-7H2,1-2H3. The molecule has 0 atom stereocenters. The van der Waals surface area contributed by atoms with Crippen LogP contribution in [0.2, 0.25) is 5.02 Å². The minimum atomic E-state index is -0.660. The molecule has 0 saturated heterocycles. The van der Waals surface area contributed by atoms with Gasteiger partial charge in [0.05, 0.1) is 18.7 Å². The number of methoxy groups -OCH3 is 1. The fourth-order valence-electron chi connectivity index (χ4n) is 2.39. The number of nitrogens with zero attached hydrogens (tertiary/aromatic N) is 2. The lowest BCUT2D eigenvalue weighted by Crippen LogP contribution is -2.28. The molecular formula is C17H15ClN2O4. The summed E-state index contributed by atoms with van der Waals surface area (Å²) in [6.07, 6.45) is 0. The number of carbonyl (C=O) groups excluding carboxylic acids is 1. The summed E-state index contributed by atoms with van der Waals surface area (Å²) in [6.45, 7) is 1.62. The molecule has 0 aliphatic heterocycles. The van der Waals surface area contributed by atoms with Gasteiger partial charge in [0.25, 0.3) is 5.56 Å². The molecule has 0 fully saturated rings. The lowest BCUT2D eigenvalue weighted by molar-refractivity contribution is 0.103. The number of pyridine rings is 1. The topological polar surface area (TPSA) is 92.3 Å². The second-order valence-electron chi connectivity index (χ2n) is 5.10. The van der Waals surface area contributed by atoms with Crippen molar-refractivity contribution in [3.8, 4) is 11.9 Å². The van der Waals surface area contributed by atoms with Gasteiger partial charge in [0.15, 0.2) is 5.78 Å². The number of halogens is 1. The number of carbonyl (C=O) groups is 1. The quantitative estimate of drug-likeness (QED) is 0.838. The molecule has 0 aliphatic carbocycles. The number of aromatic hydroxyl groups is 1. The van der Waals surface area contributed by atoms with Gasteiger partial charge in [0.2, 0.25) is 5.88 Å². The molecule has 0 aliphatic rings. The van der Waals surface area contributed by atoms with Crippen LogP contribution < -0.4 is 5.56 Å². The van der Waals surface area contributed by atoms with Crippen molar-refractivity contribution >= 4 is 17.4 Å². The van der Waals surface area contributed by atoms with Crippen molar-refractivity contribution in [3.63, 3.8) is 0 Å². The zero-order chi connectivity index (χ0) is 17.9. The van der Waals surface area contributed by atoms with Crippen LogP contribution in [0, 0.1) is 18.3 Å². The monoisotopic (exact) mass is 346 g/mol. The Morgan fingerprint density at radius 3 is 2.75 bits per heavy atom. The SMILES string of the molecule is COCCn1c(O)c(C(=O)c2cccc(Cl)c2)c(C)c(C#N)c1=O. The van der Waals surface area contributed by atoms with Crippen molar-refractivity contribution in [1.29, 1.82) is 5.26 Å². The first-order chi connectivity index (χ1) is 11.4. The van der Waals surface area contributed by atoms with E-state index in [0.717, 1.165) is 4.57 Å². The van der Waals surface area contributed by atoms with Crippen molar-refractivity contribution in [3.05, 3.63) is 61.9 Å². The molecule has 0 saturated carbocycles. The lowest BCUT2D eigenvalue weighted by Gasteiger charge is -2.15. The lowest BCUT2D eigenvalue weighted by atomic mass is 9.97. The smallest absolute Gasteiger partial charge is 0.271 e. The summed E-state index contributed by atoms with van der Waals surface area (Å²) in [7, 11) is 1.44. The first-order valence-electron chi connectivity index (χ1n) is 7.08. The van der Waals surface area contributed by atoms with Crippen molar-refractivity contribution in [1.82, 2.24) is 4.57 Å². The van der Waals surface area contributed by atoms with E-state index >= 15 is 0 Å². The largest absolute Gasteiger partial charge is 0.494 e. The van der Waals surface area contributed by atoms with E-state index in [9.17, 15) is 20.0 Å². The molecule has 6 nitrogen and oxygen atoms in total. The van der Waals surface area contributed by atoms with Gasteiger partial charge in [-0.3, -0.25) is 14.2 Å². The average Bonchev–Trinajstić information content (AvgIpc) is 2.55. The maximum Gasteiger partial charge on any atom is 0.271 e. The molecule has 0 bridgehead atoms. The molecule has 1 aromatic heterocycles. The maximum atomic E-state index is 12.8. The molecule has 24 heavy (non-hydrogen) atoms. The predicted octanol–water partition coefficient (Wildman–Crippen LogP) is 2.26. The van der Waals surface area contributed by atoms with Gasteiger partial charge >= 0.3 is 0 Å². The van der Waals surface area contributed by atoms with Gasteiger partial charge < -0.3 is 9.84 Å². The summed E-state index contributed by atoms with van der Waals surface area (Å²) in [6, 6.07) is 8.03. The molecule has 1 heterocycles. The third-order valence-corrected chi connectivity index (χ3v) is 3.87. The summed E-state index contributed by atoms with van der Waals surface area (Å²) in [5.41, 5.74) is -0.550. The van der Waals surface area contributed by atoms with Gasteiger partial charge in [-0.2, -0.15) is 5.26 Å².